The maximum Gasteiger partial charge on any atom is 0.138 e. The van der Waals surface area contributed by atoms with Gasteiger partial charge in [0.2, 0.25) is 0 Å². The van der Waals surface area contributed by atoms with Crippen LogP contribution in [0.1, 0.15) is 5.56 Å². The van der Waals surface area contributed by atoms with E-state index < -0.39 is 0 Å². The van der Waals surface area contributed by atoms with Crippen LogP contribution in [0.2, 0.25) is 0 Å². The highest BCUT2D eigenvalue weighted by molar-refractivity contribution is 5.82. The third kappa shape index (κ3) is 2.08. The first kappa shape index (κ1) is 11.8. The van der Waals surface area contributed by atoms with Gasteiger partial charge in [0, 0.05) is 25.3 Å². The molecule has 1 heterocycles. The number of benzene rings is 2. The summed E-state index contributed by atoms with van der Waals surface area (Å²) in [5.74, 6) is 0.924. The van der Waals surface area contributed by atoms with Crippen LogP contribution in [0, 0.1) is 6.92 Å². The number of aromatic amines is 1. The van der Waals surface area contributed by atoms with Gasteiger partial charge in [0.25, 0.3) is 0 Å². The van der Waals surface area contributed by atoms with Crippen molar-refractivity contribution in [1.29, 1.82) is 0 Å². The summed E-state index contributed by atoms with van der Waals surface area (Å²) >= 11 is 0. The van der Waals surface area contributed by atoms with E-state index in [9.17, 15) is 0 Å². The highest BCUT2D eigenvalue weighted by Crippen LogP contribution is 2.25. The van der Waals surface area contributed by atoms with Gasteiger partial charge in [-0.15, -0.1) is 0 Å². The van der Waals surface area contributed by atoms with Gasteiger partial charge in [0.1, 0.15) is 5.82 Å². The van der Waals surface area contributed by atoms with Crippen LogP contribution in [0.4, 0.5) is 5.69 Å². The fourth-order valence-electron chi connectivity index (χ4n) is 2.24. The summed E-state index contributed by atoms with van der Waals surface area (Å²) in [7, 11) is 4.09. The fourth-order valence-corrected chi connectivity index (χ4v) is 2.24. The van der Waals surface area contributed by atoms with Crippen molar-refractivity contribution >= 4 is 16.7 Å². The second-order valence-corrected chi connectivity index (χ2v) is 5.00. The van der Waals surface area contributed by atoms with Crippen molar-refractivity contribution < 1.29 is 0 Å². The average molecular weight is 251 g/mol. The minimum absolute atomic E-state index is 0.924. The van der Waals surface area contributed by atoms with E-state index in [1.54, 1.807) is 0 Å². The molecule has 3 rings (SSSR count). The molecule has 0 aliphatic carbocycles. The topological polar surface area (TPSA) is 31.9 Å². The lowest BCUT2D eigenvalue weighted by atomic mass is 10.2. The number of hydrogen-bond donors (Lipinski definition) is 1. The number of imidazole rings is 1. The second kappa shape index (κ2) is 4.43. The molecular weight excluding hydrogens is 234 g/mol. The van der Waals surface area contributed by atoms with Crippen molar-refractivity contribution in [2.75, 3.05) is 19.0 Å². The minimum Gasteiger partial charge on any atom is -0.378 e. The molecule has 0 radical (unpaired) electrons. The Bertz CT molecular complexity index is 726. The van der Waals surface area contributed by atoms with Crippen LogP contribution in [-0.4, -0.2) is 24.1 Å². The van der Waals surface area contributed by atoms with Crippen molar-refractivity contribution in [2.24, 2.45) is 0 Å². The molecule has 19 heavy (non-hydrogen) atoms. The summed E-state index contributed by atoms with van der Waals surface area (Å²) in [6.45, 7) is 2.09. The molecule has 0 unspecified atom stereocenters. The average Bonchev–Trinajstić information content (AvgIpc) is 2.84. The van der Waals surface area contributed by atoms with E-state index in [4.69, 9.17) is 4.98 Å². The molecule has 0 fully saturated rings. The number of rotatable bonds is 2. The number of para-hydroxylation sites is 1. The number of nitrogens with zero attached hydrogens (tertiary/aromatic N) is 2. The molecule has 0 spiro atoms. The summed E-state index contributed by atoms with van der Waals surface area (Å²) in [6, 6.07) is 14.6. The maximum atomic E-state index is 4.71. The first-order valence-electron chi connectivity index (χ1n) is 6.38. The molecule has 1 aromatic heterocycles. The quantitative estimate of drug-likeness (QED) is 0.754. The molecule has 0 aliphatic heterocycles. The van der Waals surface area contributed by atoms with Gasteiger partial charge < -0.3 is 9.88 Å². The van der Waals surface area contributed by atoms with E-state index in [1.807, 2.05) is 14.1 Å². The van der Waals surface area contributed by atoms with Crippen LogP contribution in [-0.2, 0) is 0 Å². The molecular formula is C16H17N3. The molecule has 96 valence electrons. The Morgan fingerprint density at radius 1 is 1.05 bits per heavy atom. The van der Waals surface area contributed by atoms with E-state index in [-0.39, 0.29) is 0 Å². The Hall–Kier alpha value is -2.29. The van der Waals surface area contributed by atoms with E-state index in [1.165, 1.54) is 11.3 Å². The Labute approximate surface area is 112 Å². The normalized spacial score (nSPS) is 10.9. The van der Waals surface area contributed by atoms with Crippen LogP contribution in [0.3, 0.4) is 0 Å². The molecule has 0 atom stereocenters. The third-order valence-electron chi connectivity index (χ3n) is 3.35. The number of fused-ring (bicyclic) bond motifs is 1. The third-order valence-corrected chi connectivity index (χ3v) is 3.35. The molecule has 3 heteroatoms. The maximum absolute atomic E-state index is 4.71. The Balaban J connectivity index is 2.14. The van der Waals surface area contributed by atoms with Crippen LogP contribution in [0.15, 0.2) is 42.5 Å². The van der Waals surface area contributed by atoms with Crippen LogP contribution in [0.5, 0.6) is 0 Å². The number of nitrogens with one attached hydrogen (secondary N) is 1. The standard InChI is InChI=1S/C16H17N3/c1-11-6-4-9-14-15(11)18-16(17-14)12-7-5-8-13(10-12)19(2)3/h4-10H,1-3H3,(H,17,18). The molecule has 1 N–H and O–H groups in total. The Morgan fingerprint density at radius 3 is 2.58 bits per heavy atom. The molecule has 0 saturated heterocycles. The van der Waals surface area contributed by atoms with Gasteiger partial charge in [0.05, 0.1) is 11.0 Å². The largest absolute Gasteiger partial charge is 0.378 e. The van der Waals surface area contributed by atoms with Gasteiger partial charge >= 0.3 is 0 Å². The summed E-state index contributed by atoms with van der Waals surface area (Å²) < 4.78 is 0. The number of aromatic nitrogens is 2. The van der Waals surface area contributed by atoms with Crippen molar-refractivity contribution in [3.63, 3.8) is 0 Å². The van der Waals surface area contributed by atoms with Crippen molar-refractivity contribution in [1.82, 2.24) is 9.97 Å². The highest BCUT2D eigenvalue weighted by atomic mass is 15.1. The number of hydrogen-bond acceptors (Lipinski definition) is 2. The Kier molecular flexibility index (Phi) is 2.75. The SMILES string of the molecule is Cc1cccc2[nH]c(-c3cccc(N(C)C)c3)nc12. The lowest BCUT2D eigenvalue weighted by molar-refractivity contribution is 1.13. The lowest BCUT2D eigenvalue weighted by Gasteiger charge is -2.12. The van der Waals surface area contributed by atoms with E-state index >= 15 is 0 Å². The number of H-pyrrole nitrogens is 1. The van der Waals surface area contributed by atoms with Crippen molar-refractivity contribution in [3.05, 3.63) is 48.0 Å². The van der Waals surface area contributed by atoms with Gasteiger partial charge in [0.15, 0.2) is 0 Å². The second-order valence-electron chi connectivity index (χ2n) is 5.00. The predicted octanol–water partition coefficient (Wildman–Crippen LogP) is 3.60. The zero-order chi connectivity index (χ0) is 13.4. The molecule has 3 nitrogen and oxygen atoms in total. The first-order valence-corrected chi connectivity index (χ1v) is 6.38. The van der Waals surface area contributed by atoms with E-state index in [0.717, 1.165) is 22.4 Å². The van der Waals surface area contributed by atoms with Crippen molar-refractivity contribution in [3.8, 4) is 11.4 Å². The fraction of sp³-hybridized carbons (Fsp3) is 0.188. The van der Waals surface area contributed by atoms with Gasteiger partial charge in [-0.3, -0.25) is 0 Å². The summed E-state index contributed by atoms with van der Waals surface area (Å²) in [5, 5.41) is 0. The van der Waals surface area contributed by atoms with Crippen LogP contribution < -0.4 is 4.90 Å². The van der Waals surface area contributed by atoms with Crippen LogP contribution in [0.25, 0.3) is 22.4 Å². The number of anilines is 1. The number of aryl methyl sites for hydroxylation is 1. The van der Waals surface area contributed by atoms with Gasteiger partial charge in [-0.05, 0) is 30.7 Å². The first-order chi connectivity index (χ1) is 9.15. The molecule has 0 saturated carbocycles. The molecule has 3 aromatic rings. The predicted molar refractivity (Wildman–Crippen MR) is 80.6 cm³/mol. The molecule has 2 aromatic carbocycles. The summed E-state index contributed by atoms with van der Waals surface area (Å²) in [5.41, 5.74) is 5.62. The Morgan fingerprint density at radius 2 is 1.84 bits per heavy atom. The van der Waals surface area contributed by atoms with Gasteiger partial charge in [-0.1, -0.05) is 24.3 Å². The highest BCUT2D eigenvalue weighted by Gasteiger charge is 2.07. The van der Waals surface area contributed by atoms with Gasteiger partial charge in [-0.2, -0.15) is 0 Å². The molecule has 0 bridgehead atoms. The zero-order valence-corrected chi connectivity index (χ0v) is 11.4. The molecule has 0 amide bonds. The lowest BCUT2D eigenvalue weighted by Crippen LogP contribution is -2.08. The van der Waals surface area contributed by atoms with Crippen LogP contribution >= 0.6 is 0 Å². The van der Waals surface area contributed by atoms with E-state index in [2.05, 4.69) is 59.3 Å². The minimum atomic E-state index is 0.924. The van der Waals surface area contributed by atoms with E-state index in [0.29, 0.717) is 0 Å². The summed E-state index contributed by atoms with van der Waals surface area (Å²) in [6.07, 6.45) is 0. The smallest absolute Gasteiger partial charge is 0.138 e. The zero-order valence-electron chi connectivity index (χ0n) is 11.4. The summed E-state index contributed by atoms with van der Waals surface area (Å²) in [4.78, 5) is 10.2. The monoisotopic (exact) mass is 251 g/mol. The van der Waals surface area contributed by atoms with Crippen molar-refractivity contribution in [2.45, 2.75) is 6.92 Å². The molecule has 0 aliphatic rings. The van der Waals surface area contributed by atoms with Gasteiger partial charge in [-0.25, -0.2) is 4.98 Å².